The van der Waals surface area contributed by atoms with E-state index in [-0.39, 0.29) is 0 Å². The number of nitrogens with zero attached hydrogens (tertiary/aromatic N) is 5. The molecule has 0 aliphatic carbocycles. The van der Waals surface area contributed by atoms with Crippen LogP contribution in [0.15, 0.2) is 60.0 Å². The number of rotatable bonds is 6. The summed E-state index contributed by atoms with van der Waals surface area (Å²) >= 11 is 0. The van der Waals surface area contributed by atoms with Gasteiger partial charge < -0.3 is 10.2 Å². The van der Waals surface area contributed by atoms with Crippen LogP contribution in [0.2, 0.25) is 0 Å². The first kappa shape index (κ1) is 21.9. The van der Waals surface area contributed by atoms with Gasteiger partial charge in [0.05, 0.1) is 0 Å². The van der Waals surface area contributed by atoms with Gasteiger partial charge in [-0.1, -0.05) is 35.9 Å². The average molecular weight is 451 g/mol. The van der Waals surface area contributed by atoms with Crippen molar-refractivity contribution in [2.45, 2.75) is 13.8 Å². The van der Waals surface area contributed by atoms with Crippen LogP contribution in [0.5, 0.6) is 0 Å². The molecular weight excluding hydrogens is 424 g/mol. The molecule has 0 radical (unpaired) electrons. The van der Waals surface area contributed by atoms with Crippen LogP contribution in [0.1, 0.15) is 16.8 Å². The van der Waals surface area contributed by atoms with Gasteiger partial charge in [-0.3, -0.25) is 0 Å². The van der Waals surface area contributed by atoms with Crippen LogP contribution < -0.4 is 10.2 Å². The molecule has 3 heterocycles. The van der Waals surface area contributed by atoms with Crippen LogP contribution in [0.25, 0.3) is 6.08 Å². The number of hydrogen-bond donors (Lipinski definition) is 1. The molecule has 0 atom stereocenters. The molecule has 0 amide bonds. The number of hydrogen-bond acceptors (Lipinski definition) is 7. The third-order valence-corrected chi connectivity index (χ3v) is 6.79. The molecule has 9 heteroatoms. The smallest absolute Gasteiger partial charge is 0.236 e. The summed E-state index contributed by atoms with van der Waals surface area (Å²) in [4.78, 5) is 6.43. The molecule has 8 nitrogen and oxygen atoms in total. The zero-order valence-corrected chi connectivity index (χ0v) is 19.0. The fraction of sp³-hybridized carbons (Fsp3) is 0.261. The number of pyridine rings is 1. The average Bonchev–Trinajstić information content (AvgIpc) is 2.79. The molecule has 4 rings (SSSR count). The zero-order chi connectivity index (χ0) is 22.6. The number of piperazine rings is 1. The predicted molar refractivity (Wildman–Crippen MR) is 127 cm³/mol. The number of nitrogens with one attached hydrogen (secondary N) is 1. The molecular formula is C23H26N6O2S. The number of benzene rings is 1. The van der Waals surface area contributed by atoms with Crippen molar-refractivity contribution in [2.75, 3.05) is 36.4 Å². The second kappa shape index (κ2) is 9.46. The summed E-state index contributed by atoms with van der Waals surface area (Å²) in [5.41, 5.74) is 2.92. The van der Waals surface area contributed by atoms with E-state index in [4.69, 9.17) is 0 Å². The van der Waals surface area contributed by atoms with Crippen LogP contribution in [0.4, 0.5) is 17.5 Å². The van der Waals surface area contributed by atoms with Gasteiger partial charge in [0.1, 0.15) is 5.82 Å². The maximum Gasteiger partial charge on any atom is 0.236 e. The summed E-state index contributed by atoms with van der Waals surface area (Å²) in [7, 11) is -3.47. The molecule has 3 aromatic rings. The number of aryl methyl sites for hydroxylation is 2. The molecule has 166 valence electrons. The number of anilines is 3. The Morgan fingerprint density at radius 3 is 2.28 bits per heavy atom. The Kier molecular flexibility index (Phi) is 6.48. The second-order valence-corrected chi connectivity index (χ2v) is 9.53. The first-order valence-corrected chi connectivity index (χ1v) is 11.9. The molecule has 0 saturated carbocycles. The molecule has 2 aromatic heterocycles. The Balaban J connectivity index is 1.34. The topological polar surface area (TPSA) is 91.3 Å². The van der Waals surface area contributed by atoms with Crippen molar-refractivity contribution in [2.24, 2.45) is 0 Å². The highest BCUT2D eigenvalue weighted by Crippen LogP contribution is 2.18. The van der Waals surface area contributed by atoms with Gasteiger partial charge in [0.25, 0.3) is 0 Å². The minimum Gasteiger partial charge on any atom is -0.352 e. The highest BCUT2D eigenvalue weighted by molar-refractivity contribution is 7.92. The number of aromatic nitrogens is 3. The van der Waals surface area contributed by atoms with E-state index in [1.165, 1.54) is 9.71 Å². The van der Waals surface area contributed by atoms with Crippen LogP contribution in [-0.4, -0.2) is 54.1 Å². The van der Waals surface area contributed by atoms with Crippen LogP contribution in [-0.2, 0) is 10.0 Å². The Hall–Kier alpha value is -3.30. The maximum absolute atomic E-state index is 12.7. The molecule has 1 aliphatic rings. The van der Waals surface area contributed by atoms with Crippen molar-refractivity contribution >= 4 is 33.6 Å². The van der Waals surface area contributed by atoms with Gasteiger partial charge in [-0.2, -0.15) is 4.31 Å². The lowest BCUT2D eigenvalue weighted by Crippen LogP contribution is -2.48. The van der Waals surface area contributed by atoms with Crippen molar-refractivity contribution in [1.82, 2.24) is 19.5 Å². The minimum absolute atomic E-state index is 0.398. The normalized spacial score (nSPS) is 15.2. The van der Waals surface area contributed by atoms with Gasteiger partial charge in [0.15, 0.2) is 11.6 Å². The van der Waals surface area contributed by atoms with Gasteiger partial charge in [0.2, 0.25) is 10.0 Å². The van der Waals surface area contributed by atoms with E-state index in [0.29, 0.717) is 37.8 Å². The first-order chi connectivity index (χ1) is 15.4. The molecule has 32 heavy (non-hydrogen) atoms. The quantitative estimate of drug-likeness (QED) is 0.616. The Morgan fingerprint density at radius 2 is 1.62 bits per heavy atom. The van der Waals surface area contributed by atoms with Gasteiger partial charge in [-0.15, -0.1) is 10.2 Å². The fourth-order valence-electron chi connectivity index (χ4n) is 3.40. The Labute approximate surface area is 188 Å². The van der Waals surface area contributed by atoms with Crippen molar-refractivity contribution in [3.63, 3.8) is 0 Å². The zero-order valence-electron chi connectivity index (χ0n) is 18.1. The third-order valence-electron chi connectivity index (χ3n) is 5.23. The predicted octanol–water partition coefficient (Wildman–Crippen LogP) is 3.35. The van der Waals surface area contributed by atoms with Gasteiger partial charge in [0, 0.05) is 37.3 Å². The van der Waals surface area contributed by atoms with Crippen molar-refractivity contribution in [3.8, 4) is 0 Å². The summed E-state index contributed by atoms with van der Waals surface area (Å²) in [6.07, 6.45) is 1.64. The second-order valence-electron chi connectivity index (χ2n) is 7.71. The first-order valence-electron chi connectivity index (χ1n) is 10.4. The van der Waals surface area contributed by atoms with Gasteiger partial charge in [-0.25, -0.2) is 13.4 Å². The molecule has 0 spiro atoms. The lowest BCUT2D eigenvalue weighted by atomic mass is 10.2. The highest BCUT2D eigenvalue weighted by atomic mass is 32.2. The molecule has 1 aromatic carbocycles. The monoisotopic (exact) mass is 450 g/mol. The Morgan fingerprint density at radius 1 is 0.875 bits per heavy atom. The highest BCUT2D eigenvalue weighted by Gasteiger charge is 2.25. The van der Waals surface area contributed by atoms with E-state index >= 15 is 0 Å². The van der Waals surface area contributed by atoms with Gasteiger partial charge in [-0.05, 0) is 49.8 Å². The van der Waals surface area contributed by atoms with Crippen LogP contribution >= 0.6 is 0 Å². The molecule has 0 unspecified atom stereocenters. The summed E-state index contributed by atoms with van der Waals surface area (Å²) in [5.74, 6) is 2.04. The summed E-state index contributed by atoms with van der Waals surface area (Å²) in [6.45, 7) is 5.83. The van der Waals surface area contributed by atoms with E-state index in [9.17, 15) is 8.42 Å². The third kappa shape index (κ3) is 5.49. The lowest BCUT2D eigenvalue weighted by Gasteiger charge is -2.33. The van der Waals surface area contributed by atoms with Crippen molar-refractivity contribution < 1.29 is 8.42 Å². The van der Waals surface area contributed by atoms with Crippen LogP contribution in [0.3, 0.4) is 0 Å². The fourth-order valence-corrected chi connectivity index (χ4v) is 4.58. The molecule has 1 N–H and O–H groups in total. The summed E-state index contributed by atoms with van der Waals surface area (Å²) in [5, 5.41) is 12.9. The number of sulfonamides is 1. The minimum atomic E-state index is -3.47. The van der Waals surface area contributed by atoms with E-state index in [1.54, 1.807) is 6.08 Å². The lowest BCUT2D eigenvalue weighted by molar-refractivity contribution is 0.388. The van der Waals surface area contributed by atoms with E-state index in [1.807, 2.05) is 73.3 Å². The standard InChI is InChI=1S/C23H26N6O2S/c1-18-6-8-20(9-7-18)12-17-32(30,31)29-15-13-28(14-16-29)23-11-10-22(26-27-23)25-21-5-3-4-19(2)24-21/h3-12,17H,13-16H2,1-2H3,(H,24,25,26)/b17-12+. The Bertz CT molecular complexity index is 1190. The largest absolute Gasteiger partial charge is 0.352 e. The van der Waals surface area contributed by atoms with Crippen molar-refractivity contribution in [3.05, 3.63) is 76.8 Å². The van der Waals surface area contributed by atoms with E-state index in [2.05, 4.69) is 20.5 Å². The van der Waals surface area contributed by atoms with Gasteiger partial charge >= 0.3 is 0 Å². The molecule has 1 saturated heterocycles. The summed E-state index contributed by atoms with van der Waals surface area (Å²) < 4.78 is 26.9. The van der Waals surface area contributed by atoms with Crippen molar-refractivity contribution in [1.29, 1.82) is 0 Å². The summed E-state index contributed by atoms with van der Waals surface area (Å²) in [6, 6.07) is 17.2. The van der Waals surface area contributed by atoms with E-state index in [0.717, 1.165) is 22.6 Å². The molecule has 1 aliphatic heterocycles. The molecule has 1 fully saturated rings. The molecule has 0 bridgehead atoms. The maximum atomic E-state index is 12.7. The van der Waals surface area contributed by atoms with E-state index < -0.39 is 10.0 Å². The van der Waals surface area contributed by atoms with Crippen LogP contribution in [0, 0.1) is 13.8 Å². The SMILES string of the molecule is Cc1ccc(/C=C/S(=O)(=O)N2CCN(c3ccc(Nc4cccc(C)n4)nn3)CC2)cc1.